The van der Waals surface area contributed by atoms with Crippen molar-refractivity contribution in [3.8, 4) is 0 Å². The summed E-state index contributed by atoms with van der Waals surface area (Å²) in [7, 11) is 0. The van der Waals surface area contributed by atoms with E-state index in [1.165, 1.54) is 0 Å². The number of hydrogen-bond donors (Lipinski definition) is 14. The third-order valence-electron chi connectivity index (χ3n) is 15.2. The van der Waals surface area contributed by atoms with Crippen LogP contribution in [0.5, 0.6) is 0 Å². The minimum absolute atomic E-state index is 0. The van der Waals surface area contributed by atoms with Gasteiger partial charge in [0.15, 0.2) is 0 Å². The van der Waals surface area contributed by atoms with Crippen molar-refractivity contribution >= 4 is 0 Å². The molecule has 7 radical (unpaired) electrons. The first kappa shape index (κ1) is 126. The van der Waals surface area contributed by atoms with E-state index < -0.39 is 48.8 Å². The molecule has 0 aromatic rings. The fourth-order valence-corrected chi connectivity index (χ4v) is 8.47. The van der Waals surface area contributed by atoms with Crippen LogP contribution in [0.2, 0.25) is 0 Å². The summed E-state index contributed by atoms with van der Waals surface area (Å²) >= 11 is 0. The summed E-state index contributed by atoms with van der Waals surface area (Å²) in [6.07, 6.45) is -7.61. The monoisotopic (exact) mass is 2710 g/mol. The van der Waals surface area contributed by atoms with Gasteiger partial charge in [-0.2, -0.15) is 0 Å². The minimum Gasteiger partial charge on any atom is -0.493 e. The Bertz CT molecular complexity index is 1340. The molecule has 0 aromatic heterocycles. The van der Waals surface area contributed by atoms with Gasteiger partial charge in [-0.3, -0.25) is 0 Å². The van der Waals surface area contributed by atoms with E-state index in [0.29, 0.717) is 75.1 Å². The zero-order valence-corrected chi connectivity index (χ0v) is 86.2. The summed E-state index contributed by atoms with van der Waals surface area (Å²) in [5.41, 5.74) is 0. The van der Waals surface area contributed by atoms with E-state index in [1.807, 2.05) is 83.1 Å². The molecular formula is C56H108O24U5V7. The van der Waals surface area contributed by atoms with Gasteiger partial charge in [0.2, 0.25) is 0 Å². The number of ether oxygens (including phenoxy) is 10. The molecule has 0 amide bonds. The van der Waals surface area contributed by atoms with Crippen molar-refractivity contribution in [3.63, 3.8) is 0 Å². The van der Waals surface area contributed by atoms with Crippen LogP contribution >= 0.6 is 0 Å². The van der Waals surface area contributed by atoms with Crippen molar-refractivity contribution in [1.29, 1.82) is 0 Å². The van der Waals surface area contributed by atoms with Gasteiger partial charge < -0.3 is 119 Å². The Morgan fingerprint density at radius 2 is 0.370 bits per heavy atom. The Hall–Kier alpha value is 7.55. The van der Waals surface area contributed by atoms with Crippen molar-refractivity contribution in [2.45, 2.75) is 231 Å². The van der Waals surface area contributed by atoms with E-state index in [0.717, 1.165) is 0 Å². The molecule has 92 heavy (non-hydrogen) atoms. The fraction of sp³-hybridized carbons (Fsp3) is 0.929. The van der Waals surface area contributed by atoms with Crippen molar-refractivity contribution in [1.82, 2.24) is 0 Å². The minimum atomic E-state index is -0.880. The van der Waals surface area contributed by atoms with Crippen LogP contribution in [-0.4, -0.2) is 272 Å². The van der Waals surface area contributed by atoms with Gasteiger partial charge in [0.25, 0.3) is 0 Å². The first-order chi connectivity index (χ1) is 37.2. The molecule has 0 saturated carbocycles. The molecule has 0 bridgehead atoms. The van der Waals surface area contributed by atoms with Crippen molar-refractivity contribution in [3.05, 3.63) is 24.7 Å². The number of aliphatic hydroxyl groups is 14. The number of aliphatic hydroxyl groups excluding tert-OH is 14. The Morgan fingerprint density at radius 1 is 0.228 bits per heavy atom. The fourth-order valence-electron chi connectivity index (χ4n) is 8.47. The molecule has 10 heterocycles. The van der Waals surface area contributed by atoms with Crippen LogP contribution in [0, 0.1) is 191 Å². The average Bonchev–Trinajstić information content (AvgIpc) is 4.38. The summed E-state index contributed by atoms with van der Waals surface area (Å²) in [4.78, 5) is 0. The molecule has 0 aliphatic carbocycles. The predicted molar refractivity (Wildman–Crippen MR) is 293 cm³/mol. The van der Waals surface area contributed by atoms with Gasteiger partial charge in [0.1, 0.15) is 73.6 Å². The van der Waals surface area contributed by atoms with Crippen LogP contribution < -0.4 is 0 Å². The van der Waals surface area contributed by atoms with E-state index in [-0.39, 0.29) is 409 Å². The van der Waals surface area contributed by atoms with Gasteiger partial charge in [-0.15, -0.1) is 0 Å². The zero-order chi connectivity index (χ0) is 61.5. The molecule has 10 fully saturated rings. The van der Waals surface area contributed by atoms with E-state index in [4.69, 9.17) is 109 Å². The van der Waals surface area contributed by atoms with Crippen LogP contribution in [0.3, 0.4) is 0 Å². The van der Waals surface area contributed by atoms with Crippen molar-refractivity contribution in [2.24, 2.45) is 35.5 Å². The third kappa shape index (κ3) is 48.1. The Balaban J connectivity index is -0.0000000762. The second-order valence-electron chi connectivity index (χ2n) is 22.8. The molecule has 28 unspecified atom stereocenters. The topological polar surface area (TPSA) is 376 Å². The second kappa shape index (κ2) is 67.9. The summed E-state index contributed by atoms with van der Waals surface area (Å²) in [6.45, 7) is 38.7. The van der Waals surface area contributed by atoms with Gasteiger partial charge in [-0.25, -0.2) is 0 Å². The van der Waals surface area contributed by atoms with E-state index in [2.05, 4.69) is 22.6 Å². The maximum absolute atomic E-state index is 9.14. The molecule has 531 valence electrons. The second-order valence-corrected chi connectivity index (χ2v) is 22.8. The Labute approximate surface area is 750 Å². The number of rotatable bonds is 0. The summed E-state index contributed by atoms with van der Waals surface area (Å²) in [5, 5.41) is 125. The van der Waals surface area contributed by atoms with Gasteiger partial charge in [-0.05, 0) is 55.4 Å². The van der Waals surface area contributed by atoms with Gasteiger partial charge >= 0.3 is 0 Å². The molecule has 10 saturated heterocycles. The van der Waals surface area contributed by atoms with Crippen LogP contribution in [0.1, 0.15) is 96.9 Å². The van der Waals surface area contributed by atoms with Gasteiger partial charge in [0.05, 0.1) is 138 Å². The smallest absolute Gasteiger partial charge is 0.139 e. The third-order valence-corrected chi connectivity index (χ3v) is 15.2. The molecule has 36 heteroatoms. The van der Waals surface area contributed by atoms with E-state index >= 15 is 0 Å². The van der Waals surface area contributed by atoms with Crippen LogP contribution in [0.15, 0.2) is 24.7 Å². The number of hydrogen-bond acceptors (Lipinski definition) is 24. The first-order valence-electron chi connectivity index (χ1n) is 28.2. The normalized spacial score (nSPS) is 39.7. The molecule has 10 aliphatic heterocycles. The van der Waals surface area contributed by atoms with Crippen LogP contribution in [0.4, 0.5) is 0 Å². The van der Waals surface area contributed by atoms with Gasteiger partial charge in [0, 0.05) is 321 Å². The standard InChI is InChI=1S/6C6H12O2.2C5H10O3.2C5H8O3.5U.7V/c6*1-4-3-8-5(2)6(4)7;4*1-3-5(7)4(6)2-8-3;;;;;;;;;;;;/h6*4-7H,3H2,1-2H3;2*3-7H,2H2,1H3;2*4-7H,1-2H2;;;;;;;;;;;;. The predicted octanol–water partition coefficient (Wildman–Crippen LogP) is -0.847. The molecule has 14 N–H and O–H groups in total. The molecule has 0 spiro atoms. The molecule has 10 rings (SSSR count). The zero-order valence-electron chi connectivity index (χ0n) is 55.6. The van der Waals surface area contributed by atoms with Crippen molar-refractivity contribution in [2.75, 3.05) is 66.1 Å². The molecular weight excluding hydrogens is 2600 g/mol. The maximum Gasteiger partial charge on any atom is 0.139 e. The maximum atomic E-state index is 9.14. The van der Waals surface area contributed by atoms with E-state index in [1.54, 1.807) is 13.8 Å². The summed E-state index contributed by atoms with van der Waals surface area (Å²) < 4.78 is 49.9. The summed E-state index contributed by atoms with van der Waals surface area (Å²) in [6, 6.07) is 0. The molecule has 24 nitrogen and oxygen atoms in total. The quantitative estimate of drug-likeness (QED) is 0.141. The molecule has 28 atom stereocenters. The first-order valence-corrected chi connectivity index (χ1v) is 28.2. The Morgan fingerprint density at radius 3 is 0.402 bits per heavy atom. The molecule has 10 aliphatic rings. The van der Waals surface area contributed by atoms with E-state index in [9.17, 15) is 0 Å². The largest absolute Gasteiger partial charge is 0.493 e. The summed E-state index contributed by atoms with van der Waals surface area (Å²) in [5.74, 6) is 2.47. The van der Waals surface area contributed by atoms with Gasteiger partial charge in [-0.1, -0.05) is 54.7 Å². The average molecular weight is 2710 g/mol. The van der Waals surface area contributed by atoms with Crippen LogP contribution in [-0.2, 0) is 177 Å². The molecule has 0 aromatic carbocycles. The van der Waals surface area contributed by atoms with Crippen LogP contribution in [0.25, 0.3) is 0 Å². The Kier molecular flexibility index (Phi) is 93.1. The van der Waals surface area contributed by atoms with Crippen molar-refractivity contribution < 1.29 is 404 Å². The SMILES string of the molecule is C=C1OCC(O)C1O.C=C1OCC(O)C1O.CC1COC(C)C1O.CC1COC(C)C1O.CC1COC(C)C1O.CC1COC(C)C1O.CC1COC(C)C1O.CC1COC(C)C1O.CC1OCC(O)C1O.CC1OCC(O)C1O.[U].[U].[U].[U].[U].[V].[V].[V].[V].[V].[V].[V].